The first-order chi connectivity index (χ1) is 6.88. The van der Waals surface area contributed by atoms with E-state index in [0.29, 0.717) is 0 Å². The molecule has 0 unspecified atom stereocenters. The number of alkyl halides is 3. The van der Waals surface area contributed by atoms with E-state index in [1.54, 1.807) is 0 Å². The fourth-order valence-corrected chi connectivity index (χ4v) is 1.48. The molecular formula is C8H3ClF3N2O. The lowest BCUT2D eigenvalue weighted by molar-refractivity contribution is -0.137. The van der Waals surface area contributed by atoms with E-state index < -0.39 is 17.8 Å². The summed E-state index contributed by atoms with van der Waals surface area (Å²) in [5, 5.41) is 5.39. The molecule has 79 valence electrons. The molecule has 0 atom stereocenters. The van der Waals surface area contributed by atoms with Gasteiger partial charge in [0.2, 0.25) is 0 Å². The Labute approximate surface area is 87.2 Å². The van der Waals surface area contributed by atoms with E-state index in [4.69, 9.17) is 11.6 Å². The number of nitrogens with one attached hydrogen (secondary N) is 1. The van der Waals surface area contributed by atoms with Crippen LogP contribution in [0.1, 0.15) is 5.56 Å². The number of carbonyl (C=O) groups excluding carboxylic acids is 1. The number of carbonyl (C=O) groups is 1. The highest BCUT2D eigenvalue weighted by molar-refractivity contribution is 6.34. The summed E-state index contributed by atoms with van der Waals surface area (Å²) in [5.41, 5.74) is -0.877. The van der Waals surface area contributed by atoms with Gasteiger partial charge in [-0.15, -0.1) is 0 Å². The van der Waals surface area contributed by atoms with Crippen molar-refractivity contribution in [2.45, 2.75) is 6.18 Å². The summed E-state index contributed by atoms with van der Waals surface area (Å²) in [5.74, 6) is 0. The molecule has 7 heteroatoms. The zero-order chi connectivity index (χ0) is 11.2. The van der Waals surface area contributed by atoms with Crippen molar-refractivity contribution in [3.8, 4) is 0 Å². The Hall–Kier alpha value is -1.43. The Balaban J connectivity index is 2.54. The number of benzene rings is 1. The molecule has 1 aliphatic heterocycles. The second-order valence-corrected chi connectivity index (χ2v) is 3.30. The molecule has 0 aromatic heterocycles. The lowest BCUT2D eigenvalue weighted by Crippen LogP contribution is -2.08. The number of amides is 2. The van der Waals surface area contributed by atoms with E-state index in [0.717, 1.165) is 12.1 Å². The monoisotopic (exact) mass is 235 g/mol. The molecular weight excluding hydrogens is 233 g/mol. The van der Waals surface area contributed by atoms with Crippen LogP contribution >= 0.6 is 11.6 Å². The maximum Gasteiger partial charge on any atom is 0.416 e. The normalized spacial score (nSPS) is 14.5. The highest BCUT2D eigenvalue weighted by atomic mass is 35.5. The van der Waals surface area contributed by atoms with Crippen LogP contribution in [0.25, 0.3) is 0 Å². The van der Waals surface area contributed by atoms with Gasteiger partial charge in [-0.1, -0.05) is 11.6 Å². The van der Waals surface area contributed by atoms with E-state index in [2.05, 4.69) is 10.6 Å². The van der Waals surface area contributed by atoms with Gasteiger partial charge < -0.3 is 5.32 Å². The molecule has 1 aromatic carbocycles. The first kappa shape index (κ1) is 10.1. The highest BCUT2D eigenvalue weighted by Gasteiger charge is 2.34. The molecule has 0 fully saturated rings. The van der Waals surface area contributed by atoms with Crippen molar-refractivity contribution in [2.24, 2.45) is 0 Å². The van der Waals surface area contributed by atoms with Crippen LogP contribution in [0.4, 0.5) is 29.3 Å². The average Bonchev–Trinajstić information content (AvgIpc) is 2.44. The number of fused-ring (bicyclic) bond motifs is 1. The largest absolute Gasteiger partial charge is 0.416 e. The summed E-state index contributed by atoms with van der Waals surface area (Å²) >= 11 is 5.56. The highest BCUT2D eigenvalue weighted by Crippen LogP contribution is 2.40. The van der Waals surface area contributed by atoms with Crippen LogP contribution in [0.3, 0.4) is 0 Å². The number of urea groups is 1. The molecule has 1 heterocycles. The summed E-state index contributed by atoms with van der Waals surface area (Å²) in [6.07, 6.45) is -4.49. The second kappa shape index (κ2) is 3.03. The summed E-state index contributed by atoms with van der Waals surface area (Å²) in [6, 6.07) is 0.825. The summed E-state index contributed by atoms with van der Waals surface area (Å²) in [7, 11) is 0. The predicted octanol–water partition coefficient (Wildman–Crippen LogP) is 3.14. The van der Waals surface area contributed by atoms with Gasteiger partial charge >= 0.3 is 12.2 Å². The number of rotatable bonds is 0. The molecule has 0 aliphatic carbocycles. The minimum Gasteiger partial charge on any atom is -0.304 e. The first-order valence-corrected chi connectivity index (χ1v) is 4.19. The number of anilines is 1. The number of hydrogen-bond acceptors (Lipinski definition) is 1. The van der Waals surface area contributed by atoms with Crippen molar-refractivity contribution in [3.63, 3.8) is 0 Å². The molecule has 1 N–H and O–H groups in total. The fraction of sp³-hybridized carbons (Fsp3) is 0.125. The van der Waals surface area contributed by atoms with Crippen molar-refractivity contribution in [2.75, 3.05) is 5.32 Å². The van der Waals surface area contributed by atoms with Gasteiger partial charge in [-0.3, -0.25) is 0 Å². The van der Waals surface area contributed by atoms with Crippen molar-refractivity contribution < 1.29 is 18.0 Å². The van der Waals surface area contributed by atoms with Gasteiger partial charge in [0.25, 0.3) is 0 Å². The molecule has 15 heavy (non-hydrogen) atoms. The molecule has 0 bridgehead atoms. The molecule has 1 radical (unpaired) electrons. The van der Waals surface area contributed by atoms with Crippen LogP contribution in [-0.4, -0.2) is 6.03 Å². The van der Waals surface area contributed by atoms with E-state index in [1.807, 2.05) is 0 Å². The van der Waals surface area contributed by atoms with Crippen LogP contribution in [-0.2, 0) is 6.18 Å². The summed E-state index contributed by atoms with van der Waals surface area (Å²) in [4.78, 5) is 10.8. The van der Waals surface area contributed by atoms with Crippen molar-refractivity contribution in [1.82, 2.24) is 5.32 Å². The topological polar surface area (TPSA) is 43.2 Å². The Morgan fingerprint density at radius 1 is 1.33 bits per heavy atom. The summed E-state index contributed by atoms with van der Waals surface area (Å²) in [6.45, 7) is 0. The van der Waals surface area contributed by atoms with E-state index in [-0.39, 0.29) is 16.4 Å². The lowest BCUT2D eigenvalue weighted by Gasteiger charge is -2.08. The lowest BCUT2D eigenvalue weighted by atomic mass is 10.1. The average molecular weight is 236 g/mol. The van der Waals surface area contributed by atoms with Gasteiger partial charge in [0.15, 0.2) is 0 Å². The standard InChI is InChI=1S/C8H3ClF3N2O/c9-4-1-3(8(10,11)12)2-5-6(4)14-7(15)13-5/h1-2H,(H,13,15). The Bertz CT molecular complexity index is 444. The van der Waals surface area contributed by atoms with Gasteiger partial charge in [0.1, 0.15) is 5.69 Å². The van der Waals surface area contributed by atoms with Crippen LogP contribution in [0.5, 0.6) is 0 Å². The third-order valence-corrected chi connectivity index (χ3v) is 2.13. The smallest absolute Gasteiger partial charge is 0.304 e. The number of halogens is 4. The Morgan fingerprint density at radius 2 is 2.00 bits per heavy atom. The van der Waals surface area contributed by atoms with Gasteiger partial charge in [-0.2, -0.15) is 18.5 Å². The minimum atomic E-state index is -4.49. The SMILES string of the molecule is O=C1[N]c2c(Cl)cc(C(F)(F)F)cc2N1. The van der Waals surface area contributed by atoms with Gasteiger partial charge in [-0.05, 0) is 12.1 Å². The molecule has 0 spiro atoms. The molecule has 1 aromatic rings. The van der Waals surface area contributed by atoms with Crippen LogP contribution < -0.4 is 10.6 Å². The van der Waals surface area contributed by atoms with E-state index in [9.17, 15) is 18.0 Å². The third kappa shape index (κ3) is 1.72. The maximum atomic E-state index is 12.3. The predicted molar refractivity (Wildman–Crippen MR) is 47.3 cm³/mol. The van der Waals surface area contributed by atoms with Crippen molar-refractivity contribution >= 4 is 29.0 Å². The van der Waals surface area contributed by atoms with E-state index in [1.165, 1.54) is 0 Å². The van der Waals surface area contributed by atoms with Crippen molar-refractivity contribution in [3.05, 3.63) is 22.7 Å². The van der Waals surface area contributed by atoms with Crippen LogP contribution in [0.2, 0.25) is 5.02 Å². The van der Waals surface area contributed by atoms with Gasteiger partial charge in [0.05, 0.1) is 16.3 Å². The molecule has 2 rings (SSSR count). The minimum absolute atomic E-state index is 0.0141. The molecule has 0 saturated carbocycles. The second-order valence-electron chi connectivity index (χ2n) is 2.89. The third-order valence-electron chi connectivity index (χ3n) is 1.85. The Morgan fingerprint density at radius 3 is 2.60 bits per heavy atom. The quantitative estimate of drug-likeness (QED) is 0.738. The first-order valence-electron chi connectivity index (χ1n) is 3.81. The van der Waals surface area contributed by atoms with Crippen LogP contribution in [0, 0.1) is 0 Å². The maximum absolute atomic E-state index is 12.3. The van der Waals surface area contributed by atoms with Gasteiger partial charge in [0, 0.05) is 0 Å². The number of hydrogen-bond donors (Lipinski definition) is 1. The molecule has 2 amide bonds. The molecule has 0 saturated heterocycles. The Kier molecular flexibility index (Phi) is 2.04. The van der Waals surface area contributed by atoms with E-state index >= 15 is 0 Å². The molecule has 1 aliphatic rings. The van der Waals surface area contributed by atoms with Gasteiger partial charge in [-0.25, -0.2) is 4.79 Å². The number of nitrogens with zero attached hydrogens (tertiary/aromatic N) is 1. The van der Waals surface area contributed by atoms with Crippen molar-refractivity contribution in [1.29, 1.82) is 0 Å². The zero-order valence-electron chi connectivity index (χ0n) is 7.02. The fourth-order valence-electron chi connectivity index (χ4n) is 1.22. The zero-order valence-corrected chi connectivity index (χ0v) is 7.78. The van der Waals surface area contributed by atoms with Crippen LogP contribution in [0.15, 0.2) is 12.1 Å². The molecule has 3 nitrogen and oxygen atoms in total. The summed E-state index contributed by atoms with van der Waals surface area (Å²) < 4.78 is 37.0.